The largest absolute Gasteiger partial charge is 0.374 e. The number of carbonyl (C=O) groups excluding carboxylic acids is 1. The van der Waals surface area contributed by atoms with Crippen LogP contribution in [0.4, 0.5) is 0 Å². The number of carbonyl (C=O) groups is 1. The van der Waals surface area contributed by atoms with Crippen LogP contribution in [0, 0.1) is 17.3 Å². The van der Waals surface area contributed by atoms with Gasteiger partial charge in [-0.2, -0.15) is 11.8 Å². The van der Waals surface area contributed by atoms with Crippen LogP contribution < -0.4 is 0 Å². The second kappa shape index (κ2) is 10.7. The first kappa shape index (κ1) is 23.1. The summed E-state index contributed by atoms with van der Waals surface area (Å²) in [5, 5.41) is 11.0. The third-order valence-corrected chi connectivity index (χ3v) is 8.75. The van der Waals surface area contributed by atoms with Gasteiger partial charge in [0.1, 0.15) is 0 Å². The molecule has 0 aromatic heterocycles. The molecule has 3 fully saturated rings. The van der Waals surface area contributed by atoms with Gasteiger partial charge in [-0.1, -0.05) is 45.3 Å². The standard InChI is InChI=1S/C24H41NO3S/c1-24(2,23(26)25(3)27)16-9-5-8-12-19-20(22-14-13-21(19)28-22)15-17-29-18-10-6-4-7-11-18/h5,8,18-22,27H,4,6-7,9-17H2,1-3H3/t19-,20+,21-,22+/m1/s1. The lowest BCUT2D eigenvalue weighted by atomic mass is 9.76. The molecule has 29 heavy (non-hydrogen) atoms. The summed E-state index contributed by atoms with van der Waals surface area (Å²) >= 11 is 2.22. The van der Waals surface area contributed by atoms with Gasteiger partial charge in [0.2, 0.25) is 0 Å². The Hall–Kier alpha value is -0.520. The molecule has 0 aromatic carbocycles. The third-order valence-electron chi connectivity index (χ3n) is 7.33. The first-order chi connectivity index (χ1) is 13.9. The van der Waals surface area contributed by atoms with Crippen molar-refractivity contribution in [1.29, 1.82) is 0 Å². The Morgan fingerprint density at radius 2 is 1.79 bits per heavy atom. The average Bonchev–Trinajstić information content (AvgIpc) is 3.30. The van der Waals surface area contributed by atoms with Gasteiger partial charge in [-0.25, -0.2) is 5.06 Å². The molecular weight excluding hydrogens is 382 g/mol. The fraction of sp³-hybridized carbons (Fsp3) is 0.875. The molecule has 0 aromatic rings. The molecule has 166 valence electrons. The van der Waals surface area contributed by atoms with Gasteiger partial charge in [0.25, 0.3) is 5.91 Å². The van der Waals surface area contributed by atoms with Crippen LogP contribution in [-0.4, -0.2) is 46.4 Å². The maximum atomic E-state index is 12.0. The summed E-state index contributed by atoms with van der Waals surface area (Å²) < 4.78 is 6.29. The van der Waals surface area contributed by atoms with Crippen LogP contribution in [0.15, 0.2) is 12.2 Å². The van der Waals surface area contributed by atoms with Gasteiger partial charge in [0.05, 0.1) is 12.2 Å². The van der Waals surface area contributed by atoms with Crippen molar-refractivity contribution in [2.75, 3.05) is 12.8 Å². The number of hydrogen-bond donors (Lipinski definition) is 1. The van der Waals surface area contributed by atoms with Gasteiger partial charge in [0, 0.05) is 17.7 Å². The lowest BCUT2D eigenvalue weighted by molar-refractivity contribution is -0.169. The Morgan fingerprint density at radius 1 is 1.10 bits per heavy atom. The lowest BCUT2D eigenvalue weighted by Crippen LogP contribution is -2.36. The van der Waals surface area contributed by atoms with E-state index in [4.69, 9.17) is 4.74 Å². The molecule has 2 saturated heterocycles. The summed E-state index contributed by atoms with van der Waals surface area (Å²) in [6.45, 7) is 3.80. The number of hydrogen-bond acceptors (Lipinski definition) is 4. The summed E-state index contributed by atoms with van der Waals surface area (Å²) in [7, 11) is 1.40. The number of amides is 1. The highest BCUT2D eigenvalue weighted by Gasteiger charge is 2.47. The van der Waals surface area contributed by atoms with Crippen LogP contribution in [0.1, 0.15) is 84.5 Å². The minimum atomic E-state index is -0.526. The van der Waals surface area contributed by atoms with E-state index in [1.807, 2.05) is 13.8 Å². The van der Waals surface area contributed by atoms with Gasteiger partial charge in [-0.05, 0) is 69.0 Å². The van der Waals surface area contributed by atoms with Crippen LogP contribution in [0.3, 0.4) is 0 Å². The predicted molar refractivity (Wildman–Crippen MR) is 120 cm³/mol. The van der Waals surface area contributed by atoms with E-state index >= 15 is 0 Å². The van der Waals surface area contributed by atoms with Crippen molar-refractivity contribution in [2.24, 2.45) is 17.3 Å². The van der Waals surface area contributed by atoms with Crippen LogP contribution in [0.2, 0.25) is 0 Å². The van der Waals surface area contributed by atoms with E-state index in [0.29, 0.717) is 23.2 Å². The normalized spacial score (nSPS) is 30.3. The minimum absolute atomic E-state index is 0.220. The van der Waals surface area contributed by atoms with Crippen LogP contribution in [0.5, 0.6) is 0 Å². The molecule has 1 amide bonds. The Balaban J connectivity index is 1.41. The van der Waals surface area contributed by atoms with E-state index in [9.17, 15) is 10.0 Å². The van der Waals surface area contributed by atoms with Crippen molar-refractivity contribution in [2.45, 2.75) is 102 Å². The van der Waals surface area contributed by atoms with Gasteiger partial charge in [-0.15, -0.1) is 0 Å². The number of thioether (sulfide) groups is 1. The molecular formula is C24H41NO3S. The van der Waals surface area contributed by atoms with Gasteiger partial charge in [-0.3, -0.25) is 10.0 Å². The van der Waals surface area contributed by atoms with E-state index in [-0.39, 0.29) is 5.91 Å². The van der Waals surface area contributed by atoms with Gasteiger partial charge < -0.3 is 4.74 Å². The Labute approximate surface area is 181 Å². The van der Waals surface area contributed by atoms with E-state index < -0.39 is 5.41 Å². The molecule has 0 radical (unpaired) electrons. The Bertz CT molecular complexity index is 556. The molecule has 4 atom stereocenters. The highest BCUT2D eigenvalue weighted by molar-refractivity contribution is 7.99. The lowest BCUT2D eigenvalue weighted by Gasteiger charge is -2.28. The van der Waals surface area contributed by atoms with E-state index in [0.717, 1.165) is 30.4 Å². The minimum Gasteiger partial charge on any atom is -0.374 e. The van der Waals surface area contributed by atoms with Crippen molar-refractivity contribution in [1.82, 2.24) is 5.06 Å². The molecule has 0 unspecified atom stereocenters. The molecule has 1 N–H and O–H groups in total. The number of rotatable bonds is 10. The molecule has 5 heteroatoms. The summed E-state index contributed by atoms with van der Waals surface area (Å²) in [5.41, 5.74) is -0.526. The number of allylic oxidation sites excluding steroid dienone is 2. The fourth-order valence-corrected chi connectivity index (χ4v) is 6.97. The van der Waals surface area contributed by atoms with E-state index in [2.05, 4.69) is 23.9 Å². The number of hydroxylamine groups is 2. The topological polar surface area (TPSA) is 49.8 Å². The first-order valence-electron chi connectivity index (χ1n) is 11.8. The van der Waals surface area contributed by atoms with Gasteiger partial charge >= 0.3 is 0 Å². The molecule has 3 rings (SSSR count). The summed E-state index contributed by atoms with van der Waals surface area (Å²) in [6.07, 6.45) is 19.2. The van der Waals surface area contributed by atoms with Crippen molar-refractivity contribution in [3.63, 3.8) is 0 Å². The van der Waals surface area contributed by atoms with Crippen LogP contribution >= 0.6 is 11.8 Å². The zero-order valence-electron chi connectivity index (χ0n) is 18.6. The van der Waals surface area contributed by atoms with Crippen molar-refractivity contribution >= 4 is 17.7 Å². The molecule has 0 spiro atoms. The molecule has 2 bridgehead atoms. The quantitative estimate of drug-likeness (QED) is 0.273. The summed E-state index contributed by atoms with van der Waals surface area (Å²) in [6, 6.07) is 0. The third kappa shape index (κ3) is 6.24. The SMILES string of the molecule is CN(O)C(=O)C(C)(C)CCC=CC[C@@H]1[C@H](CCSC2CCCCC2)[C@@H]2CC[C@H]1O2. The first-order valence-corrected chi connectivity index (χ1v) is 12.8. The van der Waals surface area contributed by atoms with E-state index in [1.54, 1.807) is 0 Å². The summed E-state index contributed by atoms with van der Waals surface area (Å²) in [5.74, 6) is 2.49. The number of nitrogens with zero attached hydrogens (tertiary/aromatic N) is 1. The average molecular weight is 424 g/mol. The van der Waals surface area contributed by atoms with Gasteiger partial charge in [0.15, 0.2) is 0 Å². The zero-order chi connectivity index (χ0) is 20.9. The van der Waals surface area contributed by atoms with Crippen LogP contribution in [-0.2, 0) is 9.53 Å². The fourth-order valence-electron chi connectivity index (χ4n) is 5.56. The Kier molecular flexibility index (Phi) is 8.52. The molecule has 4 nitrogen and oxygen atoms in total. The highest BCUT2D eigenvalue weighted by atomic mass is 32.2. The molecule has 2 aliphatic heterocycles. The van der Waals surface area contributed by atoms with Crippen molar-refractivity contribution < 1.29 is 14.7 Å². The molecule has 3 aliphatic rings. The van der Waals surface area contributed by atoms with Crippen molar-refractivity contribution in [3.8, 4) is 0 Å². The number of fused-ring (bicyclic) bond motifs is 2. The predicted octanol–water partition coefficient (Wildman–Crippen LogP) is 5.84. The van der Waals surface area contributed by atoms with Crippen molar-refractivity contribution in [3.05, 3.63) is 12.2 Å². The second-order valence-corrected chi connectivity index (χ2v) is 11.4. The second-order valence-electron chi connectivity index (χ2n) is 10.00. The van der Waals surface area contributed by atoms with Crippen LogP contribution in [0.25, 0.3) is 0 Å². The number of ether oxygens (including phenoxy) is 1. The molecule has 2 heterocycles. The summed E-state index contributed by atoms with van der Waals surface area (Å²) in [4.78, 5) is 12.0. The zero-order valence-corrected chi connectivity index (χ0v) is 19.5. The smallest absolute Gasteiger partial charge is 0.251 e. The molecule has 1 aliphatic carbocycles. The maximum Gasteiger partial charge on any atom is 0.251 e. The Morgan fingerprint density at radius 3 is 2.48 bits per heavy atom. The monoisotopic (exact) mass is 423 g/mol. The highest BCUT2D eigenvalue weighted by Crippen LogP contribution is 2.47. The maximum absolute atomic E-state index is 12.0. The molecule has 1 saturated carbocycles. The van der Waals surface area contributed by atoms with E-state index in [1.165, 1.54) is 64.2 Å².